The summed E-state index contributed by atoms with van der Waals surface area (Å²) in [7, 11) is 0. The summed E-state index contributed by atoms with van der Waals surface area (Å²) < 4.78 is 30.4. The summed E-state index contributed by atoms with van der Waals surface area (Å²) in [5, 5.41) is 0. The van der Waals surface area contributed by atoms with Crippen LogP contribution in [0.1, 0.15) is 13.3 Å². The second-order valence-electron chi connectivity index (χ2n) is 2.74. The van der Waals surface area contributed by atoms with Gasteiger partial charge in [-0.3, -0.25) is 4.79 Å². The Labute approximate surface area is 63.5 Å². The van der Waals surface area contributed by atoms with Crippen molar-refractivity contribution in [2.45, 2.75) is 19.3 Å². The first-order chi connectivity index (χ1) is 5.05. The molecule has 1 fully saturated rings. The van der Waals surface area contributed by atoms with Crippen molar-refractivity contribution in [2.75, 3.05) is 13.2 Å². The molecule has 0 aromatic heterocycles. The predicted molar refractivity (Wildman–Crippen MR) is 34.6 cm³/mol. The van der Waals surface area contributed by atoms with E-state index in [1.54, 1.807) is 0 Å². The first kappa shape index (κ1) is 8.59. The van der Waals surface area contributed by atoms with Crippen molar-refractivity contribution in [3.8, 4) is 0 Å². The maximum atomic E-state index is 12.8. The van der Waals surface area contributed by atoms with Gasteiger partial charge in [0.1, 0.15) is 0 Å². The van der Waals surface area contributed by atoms with E-state index in [4.69, 9.17) is 4.74 Å². The fourth-order valence-electron chi connectivity index (χ4n) is 1.11. The van der Waals surface area contributed by atoms with Crippen molar-refractivity contribution < 1.29 is 18.3 Å². The van der Waals surface area contributed by atoms with E-state index < -0.39 is 17.6 Å². The van der Waals surface area contributed by atoms with E-state index in [9.17, 15) is 13.6 Å². The van der Waals surface area contributed by atoms with Crippen LogP contribution in [0.4, 0.5) is 8.78 Å². The molecule has 4 heteroatoms. The molecule has 0 bridgehead atoms. The lowest BCUT2D eigenvalue weighted by atomic mass is 9.98. The summed E-state index contributed by atoms with van der Waals surface area (Å²) in [4.78, 5) is 10.4. The first-order valence-corrected chi connectivity index (χ1v) is 3.51. The highest BCUT2D eigenvalue weighted by atomic mass is 19.3. The van der Waals surface area contributed by atoms with Gasteiger partial charge in [-0.1, -0.05) is 0 Å². The summed E-state index contributed by atoms with van der Waals surface area (Å²) >= 11 is 0. The van der Waals surface area contributed by atoms with Crippen LogP contribution < -0.4 is 0 Å². The van der Waals surface area contributed by atoms with E-state index in [0.29, 0.717) is 6.61 Å². The Hall–Kier alpha value is -0.510. The Morgan fingerprint density at radius 3 is 2.64 bits per heavy atom. The Kier molecular flexibility index (Phi) is 2.23. The second kappa shape index (κ2) is 2.85. The van der Waals surface area contributed by atoms with Gasteiger partial charge in [-0.05, 0) is 6.42 Å². The van der Waals surface area contributed by atoms with Crippen LogP contribution in [0.5, 0.6) is 0 Å². The fourth-order valence-corrected chi connectivity index (χ4v) is 1.11. The molecule has 0 spiro atoms. The second-order valence-corrected chi connectivity index (χ2v) is 2.74. The standard InChI is InChI=1S/C7H10F2O2/c1-5(10)7(8,9)6-2-3-11-4-6/h6H,2-4H2,1H3. The number of ketones is 1. The van der Waals surface area contributed by atoms with Gasteiger partial charge in [0.15, 0.2) is 5.78 Å². The number of Topliss-reactive ketones (excluding diaryl/α,β-unsaturated/α-hetero) is 1. The average Bonchev–Trinajstić information content (AvgIpc) is 2.37. The summed E-state index contributed by atoms with van der Waals surface area (Å²) in [6, 6.07) is 0. The number of hydrogen-bond donors (Lipinski definition) is 0. The van der Waals surface area contributed by atoms with Crippen LogP contribution in [0.25, 0.3) is 0 Å². The third-order valence-electron chi connectivity index (χ3n) is 1.91. The van der Waals surface area contributed by atoms with Gasteiger partial charge in [-0.25, -0.2) is 0 Å². The Morgan fingerprint density at radius 1 is 1.64 bits per heavy atom. The monoisotopic (exact) mass is 164 g/mol. The predicted octanol–water partition coefficient (Wildman–Crippen LogP) is 1.25. The molecular formula is C7H10F2O2. The van der Waals surface area contributed by atoms with E-state index in [0.717, 1.165) is 6.92 Å². The highest BCUT2D eigenvalue weighted by Gasteiger charge is 2.45. The number of hydrogen-bond acceptors (Lipinski definition) is 2. The molecule has 11 heavy (non-hydrogen) atoms. The van der Waals surface area contributed by atoms with Crippen LogP contribution in [0, 0.1) is 5.92 Å². The maximum absolute atomic E-state index is 12.8. The Balaban J connectivity index is 2.62. The minimum absolute atomic E-state index is 0.00653. The van der Waals surface area contributed by atoms with Gasteiger partial charge in [0.05, 0.1) is 12.5 Å². The van der Waals surface area contributed by atoms with Crippen molar-refractivity contribution in [1.82, 2.24) is 0 Å². The smallest absolute Gasteiger partial charge is 0.309 e. The summed E-state index contributed by atoms with van der Waals surface area (Å²) in [5.74, 6) is -5.15. The summed E-state index contributed by atoms with van der Waals surface area (Å²) in [6.07, 6.45) is 0.284. The molecule has 0 saturated carbocycles. The topological polar surface area (TPSA) is 26.3 Å². The summed E-state index contributed by atoms with van der Waals surface area (Å²) in [6.45, 7) is 1.26. The van der Waals surface area contributed by atoms with Crippen molar-refractivity contribution in [1.29, 1.82) is 0 Å². The molecule has 1 unspecified atom stereocenters. The van der Waals surface area contributed by atoms with Gasteiger partial charge in [0.2, 0.25) is 0 Å². The molecule has 1 aliphatic rings. The quantitative estimate of drug-likeness (QED) is 0.613. The summed E-state index contributed by atoms with van der Waals surface area (Å²) in [5.41, 5.74) is 0. The number of ether oxygens (including phenoxy) is 1. The van der Waals surface area contributed by atoms with Crippen LogP contribution in [-0.4, -0.2) is 24.9 Å². The average molecular weight is 164 g/mol. The molecule has 0 radical (unpaired) electrons. The zero-order valence-corrected chi connectivity index (χ0v) is 6.27. The third-order valence-corrected chi connectivity index (χ3v) is 1.91. The third kappa shape index (κ3) is 1.56. The maximum Gasteiger partial charge on any atom is 0.309 e. The molecule has 1 saturated heterocycles. The molecule has 0 amide bonds. The van der Waals surface area contributed by atoms with Crippen molar-refractivity contribution >= 4 is 5.78 Å². The number of carbonyl (C=O) groups is 1. The molecule has 1 rings (SSSR count). The van der Waals surface area contributed by atoms with Crippen LogP contribution in [0.3, 0.4) is 0 Å². The van der Waals surface area contributed by atoms with Gasteiger partial charge < -0.3 is 4.74 Å². The van der Waals surface area contributed by atoms with Crippen LogP contribution in [0.15, 0.2) is 0 Å². The SMILES string of the molecule is CC(=O)C(F)(F)C1CCOC1. The lowest BCUT2D eigenvalue weighted by Crippen LogP contribution is -2.35. The number of alkyl halides is 2. The number of carbonyl (C=O) groups excluding carboxylic acids is 1. The lowest BCUT2D eigenvalue weighted by Gasteiger charge is -2.17. The molecule has 0 aromatic rings. The Bertz CT molecular complexity index is 162. The largest absolute Gasteiger partial charge is 0.381 e. The van der Waals surface area contributed by atoms with Crippen LogP contribution in [-0.2, 0) is 9.53 Å². The molecule has 2 nitrogen and oxygen atoms in total. The number of rotatable bonds is 2. The zero-order valence-electron chi connectivity index (χ0n) is 6.27. The fraction of sp³-hybridized carbons (Fsp3) is 0.857. The molecule has 0 aliphatic carbocycles. The molecule has 0 N–H and O–H groups in total. The van der Waals surface area contributed by atoms with Gasteiger partial charge in [-0.2, -0.15) is 8.78 Å². The first-order valence-electron chi connectivity index (χ1n) is 3.51. The normalized spacial score (nSPS) is 25.5. The minimum atomic E-state index is -3.18. The van der Waals surface area contributed by atoms with Gasteiger partial charge in [-0.15, -0.1) is 0 Å². The highest BCUT2D eigenvalue weighted by molar-refractivity contribution is 5.83. The van der Waals surface area contributed by atoms with Crippen LogP contribution in [0.2, 0.25) is 0 Å². The molecular weight excluding hydrogens is 154 g/mol. The van der Waals surface area contributed by atoms with Crippen molar-refractivity contribution in [2.24, 2.45) is 5.92 Å². The van der Waals surface area contributed by atoms with E-state index in [1.807, 2.05) is 0 Å². The zero-order chi connectivity index (χ0) is 8.48. The molecule has 1 aliphatic heterocycles. The minimum Gasteiger partial charge on any atom is -0.381 e. The molecule has 0 aromatic carbocycles. The van der Waals surface area contributed by atoms with Crippen molar-refractivity contribution in [3.05, 3.63) is 0 Å². The molecule has 1 atom stereocenters. The van der Waals surface area contributed by atoms with E-state index in [2.05, 4.69) is 0 Å². The number of halogens is 2. The van der Waals surface area contributed by atoms with E-state index in [-0.39, 0.29) is 13.0 Å². The van der Waals surface area contributed by atoms with E-state index in [1.165, 1.54) is 0 Å². The lowest BCUT2D eigenvalue weighted by molar-refractivity contribution is -0.148. The Morgan fingerprint density at radius 2 is 2.27 bits per heavy atom. The van der Waals surface area contributed by atoms with Gasteiger partial charge in [0.25, 0.3) is 0 Å². The van der Waals surface area contributed by atoms with Gasteiger partial charge >= 0.3 is 5.92 Å². The van der Waals surface area contributed by atoms with Gasteiger partial charge in [0, 0.05) is 13.5 Å². The van der Waals surface area contributed by atoms with Crippen LogP contribution >= 0.6 is 0 Å². The van der Waals surface area contributed by atoms with Crippen molar-refractivity contribution in [3.63, 3.8) is 0 Å². The van der Waals surface area contributed by atoms with E-state index >= 15 is 0 Å². The molecule has 64 valence electrons. The molecule has 1 heterocycles. The highest BCUT2D eigenvalue weighted by Crippen LogP contribution is 2.31.